The second kappa shape index (κ2) is 13.1. The number of carbonyl (C=O) groups is 2. The Labute approximate surface area is 224 Å². The van der Waals surface area contributed by atoms with Crippen LogP contribution in [0.1, 0.15) is 43.0 Å². The summed E-state index contributed by atoms with van der Waals surface area (Å²) in [6.45, 7) is 2.54. The van der Waals surface area contributed by atoms with Crippen LogP contribution in [0.4, 0.5) is 0 Å². The molecule has 2 N–H and O–H groups in total. The Hall–Kier alpha value is -2.10. The molecule has 6 nitrogen and oxygen atoms in total. The molecule has 0 heterocycles. The van der Waals surface area contributed by atoms with Crippen molar-refractivity contribution in [3.05, 3.63) is 67.5 Å². The SMILES string of the molecule is CCCCCCOc1ccc(C(=O)NNC(=O)COc2ccc3cc(Br)ccc3c2Br)cc1Br. The first kappa shape index (κ1) is 26.5. The number of hydrogen-bond donors (Lipinski definition) is 2. The Morgan fingerprint density at radius 3 is 2.41 bits per heavy atom. The number of hydrazine groups is 1. The molecule has 0 fully saturated rings. The van der Waals surface area contributed by atoms with Crippen LogP contribution >= 0.6 is 47.8 Å². The Morgan fingerprint density at radius 2 is 1.65 bits per heavy atom. The Morgan fingerprint density at radius 1 is 0.853 bits per heavy atom. The molecule has 0 atom stereocenters. The summed E-state index contributed by atoms with van der Waals surface area (Å²) in [6, 6.07) is 14.6. The molecule has 0 aliphatic heterocycles. The average molecular weight is 657 g/mol. The zero-order valence-corrected chi connectivity index (χ0v) is 23.4. The highest BCUT2D eigenvalue weighted by molar-refractivity contribution is 9.11. The smallest absolute Gasteiger partial charge is 0.276 e. The molecule has 0 aliphatic carbocycles. The first-order valence-corrected chi connectivity index (χ1v) is 13.3. The fraction of sp³-hybridized carbons (Fsp3) is 0.280. The van der Waals surface area contributed by atoms with Crippen LogP contribution in [0.3, 0.4) is 0 Å². The third-order valence-corrected chi connectivity index (χ3v) is 6.94. The van der Waals surface area contributed by atoms with E-state index in [9.17, 15) is 9.59 Å². The molecule has 0 unspecified atom stereocenters. The zero-order valence-electron chi connectivity index (χ0n) is 18.6. The maximum absolute atomic E-state index is 12.4. The summed E-state index contributed by atoms with van der Waals surface area (Å²) in [5.74, 6) is 0.285. The van der Waals surface area contributed by atoms with Gasteiger partial charge in [0, 0.05) is 10.0 Å². The highest BCUT2D eigenvalue weighted by atomic mass is 79.9. The van der Waals surface area contributed by atoms with E-state index in [0.717, 1.165) is 32.6 Å². The van der Waals surface area contributed by atoms with Crippen LogP contribution in [0.5, 0.6) is 11.5 Å². The molecule has 0 radical (unpaired) electrons. The summed E-state index contributed by atoms with van der Waals surface area (Å²) in [6.07, 6.45) is 4.49. The number of rotatable bonds is 10. The molecular formula is C25H25Br3N2O4. The Balaban J connectivity index is 1.48. The van der Waals surface area contributed by atoms with Gasteiger partial charge in [0.2, 0.25) is 0 Å². The lowest BCUT2D eigenvalue weighted by Gasteiger charge is -2.12. The van der Waals surface area contributed by atoms with Crippen LogP contribution in [-0.4, -0.2) is 25.0 Å². The summed E-state index contributed by atoms with van der Waals surface area (Å²) in [4.78, 5) is 24.6. The number of benzene rings is 3. The first-order chi connectivity index (χ1) is 16.4. The average Bonchev–Trinajstić information content (AvgIpc) is 2.82. The predicted molar refractivity (Wildman–Crippen MR) is 144 cm³/mol. The van der Waals surface area contributed by atoms with Crippen LogP contribution in [0.2, 0.25) is 0 Å². The van der Waals surface area contributed by atoms with E-state index in [1.807, 2.05) is 24.3 Å². The molecule has 0 aromatic heterocycles. The molecule has 3 aromatic rings. The van der Waals surface area contributed by atoms with Gasteiger partial charge >= 0.3 is 0 Å². The van der Waals surface area contributed by atoms with Gasteiger partial charge in [-0.2, -0.15) is 0 Å². The normalized spacial score (nSPS) is 10.7. The van der Waals surface area contributed by atoms with Gasteiger partial charge in [0.25, 0.3) is 11.8 Å². The monoisotopic (exact) mass is 654 g/mol. The van der Waals surface area contributed by atoms with E-state index in [1.165, 1.54) is 12.8 Å². The lowest BCUT2D eigenvalue weighted by atomic mass is 10.1. The second-order valence-electron chi connectivity index (χ2n) is 7.59. The van der Waals surface area contributed by atoms with E-state index in [-0.39, 0.29) is 6.61 Å². The van der Waals surface area contributed by atoms with Crippen LogP contribution < -0.4 is 20.3 Å². The van der Waals surface area contributed by atoms with Crippen molar-refractivity contribution in [2.75, 3.05) is 13.2 Å². The van der Waals surface area contributed by atoms with E-state index < -0.39 is 11.8 Å². The van der Waals surface area contributed by atoms with Gasteiger partial charge in [-0.1, -0.05) is 54.2 Å². The van der Waals surface area contributed by atoms with Crippen molar-refractivity contribution in [2.45, 2.75) is 32.6 Å². The van der Waals surface area contributed by atoms with Gasteiger partial charge in [-0.05, 0) is 85.5 Å². The van der Waals surface area contributed by atoms with Crippen LogP contribution in [-0.2, 0) is 4.79 Å². The van der Waals surface area contributed by atoms with Crippen molar-refractivity contribution < 1.29 is 19.1 Å². The number of amides is 2. The molecule has 0 saturated heterocycles. The standard InChI is InChI=1S/C25H25Br3N2O4/c1-2-3-4-5-12-33-21-10-7-17(14-20(21)27)25(32)30-29-23(31)15-34-22-11-6-16-13-18(26)8-9-19(16)24(22)28/h6-11,13-14H,2-5,12,15H2,1H3,(H,29,31)(H,30,32). The second-order valence-corrected chi connectivity index (χ2v) is 10.2. The molecule has 0 saturated carbocycles. The molecular weight excluding hydrogens is 632 g/mol. The highest BCUT2D eigenvalue weighted by Crippen LogP contribution is 2.34. The minimum absolute atomic E-state index is 0.255. The van der Waals surface area contributed by atoms with Gasteiger partial charge in [0.1, 0.15) is 11.5 Å². The highest BCUT2D eigenvalue weighted by Gasteiger charge is 2.12. The van der Waals surface area contributed by atoms with Crippen molar-refractivity contribution in [2.24, 2.45) is 0 Å². The third kappa shape index (κ3) is 7.45. The zero-order chi connectivity index (χ0) is 24.5. The van der Waals surface area contributed by atoms with Crippen LogP contribution in [0.15, 0.2) is 61.9 Å². The number of carbonyl (C=O) groups excluding carboxylic acids is 2. The van der Waals surface area contributed by atoms with E-state index in [0.29, 0.717) is 28.1 Å². The molecule has 0 bridgehead atoms. The van der Waals surface area contributed by atoms with Gasteiger partial charge in [-0.15, -0.1) is 0 Å². The number of fused-ring (bicyclic) bond motifs is 1. The fourth-order valence-electron chi connectivity index (χ4n) is 3.20. The van der Waals surface area contributed by atoms with E-state index in [1.54, 1.807) is 24.3 Å². The third-order valence-electron chi connectivity index (χ3n) is 5.00. The Kier molecular flexibility index (Phi) is 10.2. The number of unbranched alkanes of at least 4 members (excludes halogenated alkanes) is 3. The molecule has 3 rings (SSSR count). The first-order valence-electron chi connectivity index (χ1n) is 10.9. The largest absolute Gasteiger partial charge is 0.492 e. The maximum Gasteiger partial charge on any atom is 0.276 e. The maximum atomic E-state index is 12.4. The van der Waals surface area contributed by atoms with Crippen molar-refractivity contribution in [3.8, 4) is 11.5 Å². The van der Waals surface area contributed by atoms with Gasteiger partial charge < -0.3 is 9.47 Å². The lowest BCUT2D eigenvalue weighted by molar-refractivity contribution is -0.123. The van der Waals surface area contributed by atoms with Gasteiger partial charge in [-0.3, -0.25) is 20.4 Å². The molecule has 0 aliphatic rings. The van der Waals surface area contributed by atoms with Crippen molar-refractivity contribution in [1.82, 2.24) is 10.9 Å². The van der Waals surface area contributed by atoms with Crippen molar-refractivity contribution in [1.29, 1.82) is 0 Å². The minimum atomic E-state index is -0.484. The van der Waals surface area contributed by atoms with Crippen LogP contribution in [0, 0.1) is 0 Å². The number of nitrogens with one attached hydrogen (secondary N) is 2. The Bertz CT molecular complexity index is 1170. The van der Waals surface area contributed by atoms with Crippen LogP contribution in [0.25, 0.3) is 10.8 Å². The summed E-state index contributed by atoms with van der Waals surface area (Å²) in [7, 11) is 0. The molecule has 3 aromatic carbocycles. The molecule has 2 amide bonds. The molecule has 34 heavy (non-hydrogen) atoms. The molecule has 180 valence electrons. The van der Waals surface area contributed by atoms with Gasteiger partial charge in [-0.25, -0.2) is 0 Å². The topological polar surface area (TPSA) is 76.7 Å². The molecule has 0 spiro atoms. The summed E-state index contributed by atoms with van der Waals surface area (Å²) in [5, 5.41) is 2.00. The fourth-order valence-corrected chi connectivity index (χ4v) is 4.68. The molecule has 9 heteroatoms. The predicted octanol–water partition coefficient (Wildman–Crippen LogP) is 6.93. The van der Waals surface area contributed by atoms with E-state index in [2.05, 4.69) is 65.6 Å². The number of ether oxygens (including phenoxy) is 2. The van der Waals surface area contributed by atoms with Crippen molar-refractivity contribution >= 4 is 70.4 Å². The quantitative estimate of drug-likeness (QED) is 0.183. The number of hydrogen-bond acceptors (Lipinski definition) is 4. The number of halogens is 3. The van der Waals surface area contributed by atoms with E-state index >= 15 is 0 Å². The summed E-state index contributed by atoms with van der Waals surface area (Å²) < 4.78 is 13.8. The van der Waals surface area contributed by atoms with Gasteiger partial charge in [0.15, 0.2) is 6.61 Å². The van der Waals surface area contributed by atoms with Crippen molar-refractivity contribution in [3.63, 3.8) is 0 Å². The lowest BCUT2D eigenvalue weighted by Crippen LogP contribution is -2.43. The van der Waals surface area contributed by atoms with E-state index in [4.69, 9.17) is 9.47 Å². The minimum Gasteiger partial charge on any atom is -0.492 e. The van der Waals surface area contributed by atoms with Gasteiger partial charge in [0.05, 0.1) is 15.6 Å². The summed E-state index contributed by atoms with van der Waals surface area (Å²) in [5.41, 5.74) is 5.16. The summed E-state index contributed by atoms with van der Waals surface area (Å²) >= 11 is 10.4.